The van der Waals surface area contributed by atoms with Crippen LogP contribution in [0.2, 0.25) is 0 Å². The Bertz CT molecular complexity index is 1050. The number of ether oxygens (including phenoxy) is 1. The first-order valence-corrected chi connectivity index (χ1v) is 8.27. The monoisotopic (exact) mass is 366 g/mol. The number of aromatic amines is 2. The Balaban J connectivity index is 2.07. The topological polar surface area (TPSA) is 112 Å². The molecule has 0 bridgehead atoms. The number of rotatable bonds is 6. The maximum Gasteiger partial charge on any atom is 0.328 e. The van der Waals surface area contributed by atoms with E-state index in [1.807, 2.05) is 0 Å². The summed E-state index contributed by atoms with van der Waals surface area (Å²) in [6, 6.07) is 15.5. The van der Waals surface area contributed by atoms with Crippen molar-refractivity contribution >= 4 is 5.78 Å². The van der Waals surface area contributed by atoms with E-state index in [9.17, 15) is 19.5 Å². The van der Waals surface area contributed by atoms with Crippen LogP contribution in [0.15, 0.2) is 64.2 Å². The molecule has 7 nitrogen and oxygen atoms in total. The van der Waals surface area contributed by atoms with Crippen molar-refractivity contribution in [2.75, 3.05) is 7.11 Å². The number of Topliss-reactive ketones (excluding diaryl/α,β-unsaturated/α-hetero) is 1. The summed E-state index contributed by atoms with van der Waals surface area (Å²) in [5.41, 5.74) is -0.490. The lowest BCUT2D eigenvalue weighted by atomic mass is 9.86. The van der Waals surface area contributed by atoms with E-state index in [1.54, 1.807) is 54.6 Å². The maximum absolute atomic E-state index is 12.7. The molecule has 0 radical (unpaired) electrons. The number of H-pyrrole nitrogens is 2. The number of aromatic hydroxyl groups is 1. The molecule has 0 amide bonds. The molecule has 0 saturated heterocycles. The van der Waals surface area contributed by atoms with Crippen LogP contribution < -0.4 is 16.0 Å². The lowest BCUT2D eigenvalue weighted by Gasteiger charge is -2.17. The van der Waals surface area contributed by atoms with Crippen molar-refractivity contribution in [3.8, 4) is 11.6 Å². The average molecular weight is 366 g/mol. The van der Waals surface area contributed by atoms with Crippen molar-refractivity contribution < 1.29 is 14.6 Å². The van der Waals surface area contributed by atoms with E-state index >= 15 is 0 Å². The van der Waals surface area contributed by atoms with Gasteiger partial charge < -0.3 is 9.84 Å². The summed E-state index contributed by atoms with van der Waals surface area (Å²) in [7, 11) is 1.53. The van der Waals surface area contributed by atoms with E-state index < -0.39 is 23.0 Å². The predicted molar refractivity (Wildman–Crippen MR) is 99.6 cm³/mol. The van der Waals surface area contributed by atoms with Gasteiger partial charge in [-0.2, -0.15) is 0 Å². The largest absolute Gasteiger partial charge is 0.497 e. The number of benzene rings is 2. The smallest absolute Gasteiger partial charge is 0.328 e. The molecule has 7 heteroatoms. The summed E-state index contributed by atoms with van der Waals surface area (Å²) in [6.07, 6.45) is -0.0565. The van der Waals surface area contributed by atoms with Gasteiger partial charge in [0.1, 0.15) is 5.75 Å². The second-order valence-corrected chi connectivity index (χ2v) is 5.99. The third-order valence-corrected chi connectivity index (χ3v) is 4.31. The van der Waals surface area contributed by atoms with Gasteiger partial charge in [-0.25, -0.2) is 4.79 Å². The average Bonchev–Trinajstić information content (AvgIpc) is 2.67. The maximum atomic E-state index is 12.7. The molecule has 0 fully saturated rings. The van der Waals surface area contributed by atoms with Gasteiger partial charge >= 0.3 is 5.69 Å². The van der Waals surface area contributed by atoms with Crippen molar-refractivity contribution in [1.82, 2.24) is 9.97 Å². The summed E-state index contributed by atoms with van der Waals surface area (Å²) >= 11 is 0. The van der Waals surface area contributed by atoms with Crippen molar-refractivity contribution in [3.63, 3.8) is 0 Å². The summed E-state index contributed by atoms with van der Waals surface area (Å²) in [5.74, 6) is -0.873. The standard InChI is InChI=1S/C20H18N2O5/c1-27-14-9-7-12(8-10-14)15(11-16(23)13-5-3-2-4-6-13)17-18(24)21-20(26)22-19(17)25/h2-10,15H,11H2,1H3,(H3,21,22,24,25,26). The fourth-order valence-electron chi connectivity index (χ4n) is 2.96. The van der Waals surface area contributed by atoms with E-state index in [0.29, 0.717) is 16.9 Å². The molecule has 0 spiro atoms. The second-order valence-electron chi connectivity index (χ2n) is 5.99. The van der Waals surface area contributed by atoms with E-state index in [2.05, 4.69) is 9.97 Å². The Kier molecular flexibility index (Phi) is 5.21. The van der Waals surface area contributed by atoms with Crippen LogP contribution in [0.25, 0.3) is 0 Å². The highest BCUT2D eigenvalue weighted by molar-refractivity contribution is 5.96. The zero-order chi connectivity index (χ0) is 19.4. The number of carbonyl (C=O) groups excluding carboxylic acids is 1. The van der Waals surface area contributed by atoms with Crippen molar-refractivity contribution in [1.29, 1.82) is 0 Å². The molecule has 0 saturated carbocycles. The summed E-state index contributed by atoms with van der Waals surface area (Å²) in [5, 5.41) is 10.2. The fourth-order valence-corrected chi connectivity index (χ4v) is 2.96. The van der Waals surface area contributed by atoms with Gasteiger partial charge in [0.15, 0.2) is 5.78 Å². The minimum Gasteiger partial charge on any atom is -0.497 e. The van der Waals surface area contributed by atoms with Gasteiger partial charge in [-0.15, -0.1) is 0 Å². The highest BCUT2D eigenvalue weighted by Crippen LogP contribution is 2.32. The van der Waals surface area contributed by atoms with E-state index in [4.69, 9.17) is 4.74 Å². The molecular weight excluding hydrogens is 348 g/mol. The highest BCUT2D eigenvalue weighted by atomic mass is 16.5. The molecular formula is C20H18N2O5. The molecule has 138 valence electrons. The molecule has 1 aromatic heterocycles. The number of hydrogen-bond acceptors (Lipinski definition) is 5. The van der Waals surface area contributed by atoms with Gasteiger partial charge in [0, 0.05) is 17.9 Å². The van der Waals surface area contributed by atoms with E-state index in [-0.39, 0.29) is 17.8 Å². The Morgan fingerprint density at radius 2 is 1.70 bits per heavy atom. The van der Waals surface area contributed by atoms with Crippen LogP contribution in [0.3, 0.4) is 0 Å². The molecule has 0 aliphatic rings. The third-order valence-electron chi connectivity index (χ3n) is 4.31. The van der Waals surface area contributed by atoms with Gasteiger partial charge in [-0.3, -0.25) is 19.6 Å². The number of methoxy groups -OCH3 is 1. The van der Waals surface area contributed by atoms with Gasteiger partial charge in [-0.05, 0) is 17.7 Å². The van der Waals surface area contributed by atoms with Gasteiger partial charge in [0.05, 0.1) is 12.7 Å². The van der Waals surface area contributed by atoms with Gasteiger partial charge in [0.2, 0.25) is 5.88 Å². The van der Waals surface area contributed by atoms with Crippen molar-refractivity contribution in [2.24, 2.45) is 0 Å². The summed E-state index contributed by atoms with van der Waals surface area (Å²) in [6.45, 7) is 0. The number of hydrogen-bond donors (Lipinski definition) is 3. The molecule has 27 heavy (non-hydrogen) atoms. The first kappa shape index (κ1) is 18.2. The molecule has 0 aliphatic carbocycles. The molecule has 1 atom stereocenters. The SMILES string of the molecule is COc1ccc(C(CC(=O)c2ccccc2)c2c(O)[nH]c(=O)[nH]c2=O)cc1. The number of ketones is 1. The van der Waals surface area contributed by atoms with Crippen LogP contribution in [0, 0.1) is 0 Å². The van der Waals surface area contributed by atoms with Crippen LogP contribution in [-0.4, -0.2) is 28.0 Å². The Morgan fingerprint density at radius 1 is 1.04 bits per heavy atom. The Hall–Kier alpha value is -3.61. The van der Waals surface area contributed by atoms with Crippen LogP contribution in [-0.2, 0) is 0 Å². The summed E-state index contributed by atoms with van der Waals surface area (Å²) < 4.78 is 5.14. The lowest BCUT2D eigenvalue weighted by Crippen LogP contribution is -2.28. The number of carbonyl (C=O) groups is 1. The molecule has 0 aliphatic heterocycles. The van der Waals surface area contributed by atoms with E-state index in [0.717, 1.165) is 0 Å². The molecule has 3 rings (SSSR count). The Morgan fingerprint density at radius 3 is 2.30 bits per heavy atom. The zero-order valence-electron chi connectivity index (χ0n) is 14.6. The Labute approximate surface area is 154 Å². The quantitative estimate of drug-likeness (QED) is 0.579. The van der Waals surface area contributed by atoms with Crippen molar-refractivity contribution in [2.45, 2.75) is 12.3 Å². The summed E-state index contributed by atoms with van der Waals surface area (Å²) in [4.78, 5) is 40.7. The minimum atomic E-state index is -0.816. The molecule has 3 N–H and O–H groups in total. The minimum absolute atomic E-state index is 0.0565. The van der Waals surface area contributed by atoms with Crippen LogP contribution in [0.4, 0.5) is 0 Å². The molecule has 1 unspecified atom stereocenters. The zero-order valence-corrected chi connectivity index (χ0v) is 14.6. The predicted octanol–water partition coefficient (Wildman–Crippen LogP) is 2.18. The first-order chi connectivity index (χ1) is 13.0. The molecule has 2 aromatic carbocycles. The van der Waals surface area contributed by atoms with Crippen LogP contribution in [0.1, 0.15) is 33.8 Å². The van der Waals surface area contributed by atoms with E-state index in [1.165, 1.54) is 7.11 Å². The molecule has 3 aromatic rings. The normalized spacial score (nSPS) is 11.7. The second kappa shape index (κ2) is 7.74. The number of aromatic nitrogens is 2. The third kappa shape index (κ3) is 3.98. The number of nitrogens with one attached hydrogen (secondary N) is 2. The lowest BCUT2D eigenvalue weighted by molar-refractivity contribution is 0.0977. The molecule has 1 heterocycles. The van der Waals surface area contributed by atoms with Gasteiger partial charge in [-0.1, -0.05) is 42.5 Å². The van der Waals surface area contributed by atoms with Crippen molar-refractivity contribution in [3.05, 3.63) is 92.1 Å². The van der Waals surface area contributed by atoms with Crippen LogP contribution >= 0.6 is 0 Å². The fraction of sp³-hybridized carbons (Fsp3) is 0.150. The highest BCUT2D eigenvalue weighted by Gasteiger charge is 2.25. The van der Waals surface area contributed by atoms with Crippen LogP contribution in [0.5, 0.6) is 11.6 Å². The first-order valence-electron chi connectivity index (χ1n) is 8.27. The van der Waals surface area contributed by atoms with Gasteiger partial charge in [0.25, 0.3) is 5.56 Å².